The summed E-state index contributed by atoms with van der Waals surface area (Å²) < 4.78 is 1.83. The molecule has 0 radical (unpaired) electrons. The Bertz CT molecular complexity index is 453. The van der Waals surface area contributed by atoms with E-state index in [2.05, 4.69) is 11.8 Å². The first kappa shape index (κ1) is 12.2. The van der Waals surface area contributed by atoms with E-state index in [1.807, 2.05) is 11.6 Å². The third kappa shape index (κ3) is 2.69. The van der Waals surface area contributed by atoms with E-state index in [1.54, 1.807) is 0 Å². The third-order valence-electron chi connectivity index (χ3n) is 3.62. The predicted molar refractivity (Wildman–Crippen MR) is 67.1 cm³/mol. The van der Waals surface area contributed by atoms with Crippen molar-refractivity contribution in [2.45, 2.75) is 38.8 Å². The van der Waals surface area contributed by atoms with Gasteiger partial charge >= 0.3 is 0 Å². The molecule has 1 aliphatic heterocycles. The van der Waals surface area contributed by atoms with E-state index in [4.69, 9.17) is 0 Å². The molecule has 0 aliphatic carbocycles. The fourth-order valence-corrected chi connectivity index (χ4v) is 2.41. The van der Waals surface area contributed by atoms with Crippen LogP contribution in [0.2, 0.25) is 0 Å². The molecule has 1 fully saturated rings. The number of nitrogens with zero attached hydrogens (tertiary/aromatic N) is 2. The molecule has 2 rings (SSSR count). The van der Waals surface area contributed by atoms with E-state index in [9.17, 15) is 9.90 Å². The summed E-state index contributed by atoms with van der Waals surface area (Å²) in [6.07, 6.45) is 5.25. The van der Waals surface area contributed by atoms with E-state index >= 15 is 0 Å². The van der Waals surface area contributed by atoms with Crippen molar-refractivity contribution >= 4 is 0 Å². The van der Waals surface area contributed by atoms with Crippen LogP contribution in [0.4, 0.5) is 0 Å². The van der Waals surface area contributed by atoms with Crippen LogP contribution in [0.25, 0.3) is 0 Å². The van der Waals surface area contributed by atoms with Crippen LogP contribution >= 0.6 is 0 Å². The Kier molecular flexibility index (Phi) is 3.52. The lowest BCUT2D eigenvalue weighted by atomic mass is 10.0. The molecule has 4 heteroatoms. The van der Waals surface area contributed by atoms with Crippen LogP contribution in [0.15, 0.2) is 17.1 Å². The van der Waals surface area contributed by atoms with E-state index in [1.165, 1.54) is 31.5 Å². The van der Waals surface area contributed by atoms with Crippen molar-refractivity contribution in [3.8, 4) is 5.75 Å². The van der Waals surface area contributed by atoms with Crippen LogP contribution in [0.3, 0.4) is 0 Å². The first-order valence-electron chi connectivity index (χ1n) is 6.20. The highest BCUT2D eigenvalue weighted by Gasteiger charge is 2.19. The highest BCUT2D eigenvalue weighted by molar-refractivity contribution is 5.20. The first-order valence-corrected chi connectivity index (χ1v) is 6.20. The minimum atomic E-state index is -0.289. The summed E-state index contributed by atoms with van der Waals surface area (Å²) >= 11 is 0. The number of aromatic nitrogens is 1. The number of aryl methyl sites for hydroxylation is 1. The van der Waals surface area contributed by atoms with Gasteiger partial charge in [0.1, 0.15) is 0 Å². The monoisotopic (exact) mass is 236 g/mol. The van der Waals surface area contributed by atoms with E-state index in [0.717, 1.165) is 18.8 Å². The quantitative estimate of drug-likeness (QED) is 0.845. The lowest BCUT2D eigenvalue weighted by Crippen LogP contribution is -2.37. The molecule has 2 heterocycles. The molecule has 0 saturated carbocycles. The Morgan fingerprint density at radius 1 is 1.47 bits per heavy atom. The zero-order chi connectivity index (χ0) is 12.4. The van der Waals surface area contributed by atoms with Crippen LogP contribution < -0.4 is 5.43 Å². The molecular formula is C13H20N2O2. The minimum absolute atomic E-state index is 0.178. The fourth-order valence-electron chi connectivity index (χ4n) is 2.41. The smallest absolute Gasteiger partial charge is 0.223 e. The van der Waals surface area contributed by atoms with E-state index < -0.39 is 0 Å². The molecule has 1 unspecified atom stereocenters. The molecule has 4 nitrogen and oxygen atoms in total. The topological polar surface area (TPSA) is 45.5 Å². The maximum Gasteiger partial charge on any atom is 0.223 e. The Balaban J connectivity index is 2.18. The van der Waals surface area contributed by atoms with Crippen LogP contribution in [-0.4, -0.2) is 27.2 Å². The van der Waals surface area contributed by atoms with Crippen LogP contribution in [0.5, 0.6) is 5.75 Å². The van der Waals surface area contributed by atoms with Crippen molar-refractivity contribution in [3.63, 3.8) is 0 Å². The second-order valence-corrected chi connectivity index (χ2v) is 4.94. The maximum atomic E-state index is 11.4. The molecule has 1 aliphatic rings. The average Bonchev–Trinajstić information content (AvgIpc) is 2.29. The van der Waals surface area contributed by atoms with Gasteiger partial charge in [-0.3, -0.25) is 9.69 Å². The zero-order valence-corrected chi connectivity index (χ0v) is 10.5. The summed E-state index contributed by atoms with van der Waals surface area (Å²) in [5.41, 5.74) is 0.671. The van der Waals surface area contributed by atoms with Gasteiger partial charge in [-0.1, -0.05) is 6.42 Å². The lowest BCUT2D eigenvalue weighted by Gasteiger charge is -2.33. The number of hydrogen-bond donors (Lipinski definition) is 1. The number of pyridine rings is 1. The summed E-state index contributed by atoms with van der Waals surface area (Å²) in [6.45, 7) is 4.11. The Labute approximate surface area is 101 Å². The Morgan fingerprint density at radius 2 is 2.24 bits per heavy atom. The van der Waals surface area contributed by atoms with Crippen molar-refractivity contribution in [2.75, 3.05) is 6.54 Å². The van der Waals surface area contributed by atoms with Gasteiger partial charge in [0.15, 0.2) is 5.75 Å². The van der Waals surface area contributed by atoms with Gasteiger partial charge in [0.2, 0.25) is 5.43 Å². The van der Waals surface area contributed by atoms with Crippen molar-refractivity contribution in [1.29, 1.82) is 0 Å². The van der Waals surface area contributed by atoms with Crippen molar-refractivity contribution < 1.29 is 5.11 Å². The molecule has 1 aromatic rings. The normalized spacial score (nSPS) is 21.6. The number of rotatable bonds is 2. The summed E-state index contributed by atoms with van der Waals surface area (Å²) in [4.78, 5) is 13.8. The van der Waals surface area contributed by atoms with Crippen LogP contribution in [0.1, 0.15) is 31.9 Å². The van der Waals surface area contributed by atoms with Crippen LogP contribution in [0, 0.1) is 0 Å². The van der Waals surface area contributed by atoms with Crippen molar-refractivity contribution in [3.05, 3.63) is 28.2 Å². The van der Waals surface area contributed by atoms with E-state index in [0.29, 0.717) is 6.04 Å². The van der Waals surface area contributed by atoms with Crippen molar-refractivity contribution in [1.82, 2.24) is 9.47 Å². The SMILES string of the molecule is CC1CCCCN1Cc1cc(=O)c(O)cn1C. The fraction of sp³-hybridized carbons (Fsp3) is 0.615. The largest absolute Gasteiger partial charge is 0.503 e. The molecule has 17 heavy (non-hydrogen) atoms. The van der Waals surface area contributed by atoms with Gasteiger partial charge in [-0.15, -0.1) is 0 Å². The Hall–Kier alpha value is -1.29. The molecule has 0 spiro atoms. The minimum Gasteiger partial charge on any atom is -0.503 e. The number of hydrogen-bond acceptors (Lipinski definition) is 3. The lowest BCUT2D eigenvalue weighted by molar-refractivity contribution is 0.149. The van der Waals surface area contributed by atoms with Gasteiger partial charge in [-0.2, -0.15) is 0 Å². The first-order chi connectivity index (χ1) is 8.08. The molecule has 0 amide bonds. The molecule has 0 aromatic carbocycles. The molecule has 1 N–H and O–H groups in total. The van der Waals surface area contributed by atoms with E-state index in [-0.39, 0.29) is 11.2 Å². The molecule has 94 valence electrons. The summed E-state index contributed by atoms with van der Waals surface area (Å²) in [6, 6.07) is 2.11. The van der Waals surface area contributed by atoms with Gasteiger partial charge in [0.05, 0.1) is 0 Å². The standard InChI is InChI=1S/C13H20N2O2/c1-10-5-3-4-6-15(10)8-11-7-12(16)13(17)9-14(11)2/h7,9-10,17H,3-6,8H2,1-2H3. The maximum absolute atomic E-state index is 11.4. The summed E-state index contributed by atoms with van der Waals surface area (Å²) in [7, 11) is 1.86. The number of piperidine rings is 1. The van der Waals surface area contributed by atoms with Gasteiger partial charge in [0.25, 0.3) is 0 Å². The molecule has 1 atom stereocenters. The predicted octanol–water partition coefficient (Wildman–Crippen LogP) is 1.47. The highest BCUT2D eigenvalue weighted by atomic mass is 16.3. The zero-order valence-electron chi connectivity index (χ0n) is 10.5. The second-order valence-electron chi connectivity index (χ2n) is 4.94. The average molecular weight is 236 g/mol. The third-order valence-corrected chi connectivity index (χ3v) is 3.62. The van der Waals surface area contributed by atoms with Crippen molar-refractivity contribution in [2.24, 2.45) is 7.05 Å². The number of aromatic hydroxyl groups is 1. The van der Waals surface area contributed by atoms with Gasteiger partial charge in [-0.05, 0) is 26.3 Å². The molecule has 0 bridgehead atoms. The highest BCUT2D eigenvalue weighted by Crippen LogP contribution is 2.18. The molecule has 1 aromatic heterocycles. The second kappa shape index (κ2) is 4.92. The Morgan fingerprint density at radius 3 is 2.94 bits per heavy atom. The summed E-state index contributed by atoms with van der Waals surface area (Å²) in [5, 5.41) is 9.34. The number of likely N-dealkylation sites (tertiary alicyclic amines) is 1. The summed E-state index contributed by atoms with van der Waals surface area (Å²) in [5.74, 6) is -0.178. The van der Waals surface area contributed by atoms with Crippen LogP contribution in [-0.2, 0) is 13.6 Å². The van der Waals surface area contributed by atoms with Gasteiger partial charge in [-0.25, -0.2) is 0 Å². The van der Waals surface area contributed by atoms with Gasteiger partial charge in [0, 0.05) is 37.6 Å². The molecule has 1 saturated heterocycles. The van der Waals surface area contributed by atoms with Gasteiger partial charge < -0.3 is 9.67 Å². The molecular weight excluding hydrogens is 216 g/mol.